The summed E-state index contributed by atoms with van der Waals surface area (Å²) in [5, 5.41) is 0. The van der Waals surface area contributed by atoms with E-state index < -0.39 is 0 Å². The van der Waals surface area contributed by atoms with Crippen LogP contribution in [0.25, 0.3) is 0 Å². The summed E-state index contributed by atoms with van der Waals surface area (Å²) >= 11 is 0. The van der Waals surface area contributed by atoms with Gasteiger partial charge in [-0.1, -0.05) is 0 Å². The summed E-state index contributed by atoms with van der Waals surface area (Å²) < 4.78 is 38.0. The summed E-state index contributed by atoms with van der Waals surface area (Å²) in [5.41, 5.74) is 0. The minimum atomic E-state index is -0.138. The van der Waals surface area contributed by atoms with Crippen LogP contribution in [0.3, 0.4) is 0 Å². The second-order valence-electron chi connectivity index (χ2n) is 5.76. The van der Waals surface area contributed by atoms with Crippen molar-refractivity contribution in [2.45, 2.75) is 44.2 Å². The lowest BCUT2D eigenvalue weighted by molar-refractivity contribution is -0.173. The van der Waals surface area contributed by atoms with Crippen LogP contribution in [-0.2, 0) is 33.2 Å². The highest BCUT2D eigenvalue weighted by Gasteiger charge is 2.22. The summed E-state index contributed by atoms with van der Waals surface area (Å²) in [6.07, 6.45) is 4.39. The van der Waals surface area contributed by atoms with Crippen LogP contribution in [-0.4, -0.2) is 78.6 Å². The maximum absolute atomic E-state index is 5.62. The lowest BCUT2D eigenvalue weighted by atomic mass is 10.2. The molecule has 2 rings (SSSR count). The molecule has 0 bridgehead atoms. The fraction of sp³-hybridized carbons (Fsp3) is 1.00. The molecular weight excluding hydrogens is 304 g/mol. The van der Waals surface area contributed by atoms with Gasteiger partial charge in [-0.25, -0.2) is 0 Å². The molecule has 0 radical (unpaired) electrons. The van der Waals surface area contributed by atoms with Crippen molar-refractivity contribution in [3.8, 4) is 0 Å². The smallest absolute Gasteiger partial charge is 0.157 e. The van der Waals surface area contributed by atoms with Gasteiger partial charge in [0.05, 0.1) is 39.1 Å². The summed E-state index contributed by atoms with van der Waals surface area (Å²) in [6.45, 7) is 4.56. The van der Waals surface area contributed by atoms with E-state index in [1.807, 2.05) is 0 Å². The zero-order valence-electron chi connectivity index (χ0n) is 14.1. The topological polar surface area (TPSA) is 67.9 Å². The Morgan fingerprint density at radius 2 is 1.87 bits per heavy atom. The van der Waals surface area contributed by atoms with Gasteiger partial charge < -0.3 is 33.2 Å². The van der Waals surface area contributed by atoms with Crippen molar-refractivity contribution in [3.05, 3.63) is 0 Å². The third-order valence-electron chi connectivity index (χ3n) is 3.68. The van der Waals surface area contributed by atoms with Crippen LogP contribution in [0, 0.1) is 0 Å². The molecule has 0 amide bonds. The monoisotopic (exact) mass is 334 g/mol. The average Bonchev–Trinajstić information content (AvgIpc) is 3.40. The van der Waals surface area contributed by atoms with Crippen molar-refractivity contribution in [2.24, 2.45) is 0 Å². The predicted molar refractivity (Wildman–Crippen MR) is 82.3 cm³/mol. The maximum atomic E-state index is 5.62. The van der Waals surface area contributed by atoms with Gasteiger partial charge in [0.25, 0.3) is 0 Å². The predicted octanol–water partition coefficient (Wildman–Crippen LogP) is 1.34. The molecule has 0 aromatic carbocycles. The Balaban J connectivity index is 1.46. The van der Waals surface area contributed by atoms with E-state index in [0.717, 1.165) is 32.5 Å². The van der Waals surface area contributed by atoms with E-state index in [2.05, 4.69) is 0 Å². The van der Waals surface area contributed by atoms with E-state index in [9.17, 15) is 0 Å². The molecule has 2 saturated heterocycles. The first kappa shape index (κ1) is 19.1. The second-order valence-corrected chi connectivity index (χ2v) is 5.76. The lowest BCUT2D eigenvalue weighted by Crippen LogP contribution is -2.28. The molecule has 0 spiro atoms. The summed E-state index contributed by atoms with van der Waals surface area (Å²) in [7, 11) is 1.60. The molecule has 2 fully saturated rings. The molecule has 3 atom stereocenters. The highest BCUT2D eigenvalue weighted by Crippen LogP contribution is 2.14. The standard InChI is InChI=1S/C16H30O7/c1-17-13-23-15(10-18-7-5-14-12-22-14)11-19-8-9-21-16-4-2-3-6-20-16/h14-16H,2-13H2,1H3. The SMILES string of the molecule is COCOC(COCCOC1CCCCO1)COCCC1CO1. The molecule has 2 heterocycles. The van der Waals surface area contributed by atoms with E-state index in [0.29, 0.717) is 39.1 Å². The van der Waals surface area contributed by atoms with E-state index in [1.165, 1.54) is 6.42 Å². The highest BCUT2D eigenvalue weighted by molar-refractivity contribution is 4.68. The van der Waals surface area contributed by atoms with E-state index in [4.69, 9.17) is 33.2 Å². The molecule has 0 aromatic heterocycles. The molecule has 0 aromatic rings. The highest BCUT2D eigenvalue weighted by atomic mass is 16.7. The molecule has 0 saturated carbocycles. The molecule has 7 nitrogen and oxygen atoms in total. The quantitative estimate of drug-likeness (QED) is 0.270. The van der Waals surface area contributed by atoms with Crippen molar-refractivity contribution < 1.29 is 33.2 Å². The third-order valence-corrected chi connectivity index (χ3v) is 3.68. The van der Waals surface area contributed by atoms with Gasteiger partial charge in [0.1, 0.15) is 12.9 Å². The molecule has 0 aliphatic carbocycles. The van der Waals surface area contributed by atoms with Gasteiger partial charge in [-0.2, -0.15) is 0 Å². The van der Waals surface area contributed by atoms with E-state index in [1.54, 1.807) is 7.11 Å². The second kappa shape index (κ2) is 12.1. The summed E-state index contributed by atoms with van der Waals surface area (Å²) in [4.78, 5) is 0. The normalized spacial score (nSPS) is 25.4. The van der Waals surface area contributed by atoms with Crippen molar-refractivity contribution in [1.82, 2.24) is 0 Å². The minimum absolute atomic E-state index is 0.0686. The van der Waals surface area contributed by atoms with Crippen LogP contribution < -0.4 is 0 Å². The van der Waals surface area contributed by atoms with Crippen LogP contribution in [0.1, 0.15) is 25.7 Å². The number of epoxide rings is 1. The molecular formula is C16H30O7. The first-order chi connectivity index (χ1) is 11.4. The van der Waals surface area contributed by atoms with Gasteiger partial charge in [-0.3, -0.25) is 0 Å². The molecule has 0 N–H and O–H groups in total. The molecule has 2 aliphatic heterocycles. The first-order valence-corrected chi connectivity index (χ1v) is 8.49. The van der Waals surface area contributed by atoms with Gasteiger partial charge in [0.15, 0.2) is 6.29 Å². The molecule has 23 heavy (non-hydrogen) atoms. The Morgan fingerprint density at radius 1 is 1.04 bits per heavy atom. The van der Waals surface area contributed by atoms with Gasteiger partial charge >= 0.3 is 0 Å². The van der Waals surface area contributed by atoms with Gasteiger partial charge in [0, 0.05) is 20.3 Å². The molecule has 2 aliphatic rings. The molecule has 7 heteroatoms. The Kier molecular flexibility index (Phi) is 10.1. The fourth-order valence-electron chi connectivity index (χ4n) is 2.27. The fourth-order valence-corrected chi connectivity index (χ4v) is 2.27. The zero-order valence-corrected chi connectivity index (χ0v) is 14.1. The Labute approximate surface area is 138 Å². The van der Waals surface area contributed by atoms with Crippen LogP contribution >= 0.6 is 0 Å². The maximum Gasteiger partial charge on any atom is 0.157 e. The Hall–Kier alpha value is -0.280. The van der Waals surface area contributed by atoms with Crippen molar-refractivity contribution in [1.29, 1.82) is 0 Å². The lowest BCUT2D eigenvalue weighted by Gasteiger charge is -2.23. The van der Waals surface area contributed by atoms with Crippen LogP contribution in [0.15, 0.2) is 0 Å². The van der Waals surface area contributed by atoms with Crippen molar-refractivity contribution >= 4 is 0 Å². The van der Waals surface area contributed by atoms with Gasteiger partial charge in [-0.15, -0.1) is 0 Å². The largest absolute Gasteiger partial charge is 0.379 e. The number of rotatable bonds is 14. The van der Waals surface area contributed by atoms with E-state index in [-0.39, 0.29) is 19.2 Å². The zero-order chi connectivity index (χ0) is 16.2. The number of hydrogen-bond donors (Lipinski definition) is 0. The number of ether oxygens (including phenoxy) is 7. The Morgan fingerprint density at radius 3 is 2.57 bits per heavy atom. The molecule has 136 valence electrons. The minimum Gasteiger partial charge on any atom is -0.379 e. The number of hydrogen-bond acceptors (Lipinski definition) is 7. The van der Waals surface area contributed by atoms with Gasteiger partial charge in [-0.05, 0) is 25.7 Å². The number of methoxy groups -OCH3 is 1. The van der Waals surface area contributed by atoms with Crippen LogP contribution in [0.4, 0.5) is 0 Å². The van der Waals surface area contributed by atoms with Crippen LogP contribution in [0.5, 0.6) is 0 Å². The Bertz CT molecular complexity index is 280. The third kappa shape index (κ3) is 9.56. The summed E-state index contributed by atoms with van der Waals surface area (Å²) in [6, 6.07) is 0. The summed E-state index contributed by atoms with van der Waals surface area (Å²) in [5.74, 6) is 0. The van der Waals surface area contributed by atoms with E-state index >= 15 is 0 Å². The van der Waals surface area contributed by atoms with Crippen LogP contribution in [0.2, 0.25) is 0 Å². The van der Waals surface area contributed by atoms with Crippen molar-refractivity contribution in [2.75, 3.05) is 60.2 Å². The molecule has 3 unspecified atom stereocenters. The van der Waals surface area contributed by atoms with Gasteiger partial charge in [0.2, 0.25) is 0 Å². The average molecular weight is 334 g/mol. The first-order valence-electron chi connectivity index (χ1n) is 8.49. The van der Waals surface area contributed by atoms with Crippen molar-refractivity contribution in [3.63, 3.8) is 0 Å².